The zero-order valence-electron chi connectivity index (χ0n) is 18.0. The van der Waals surface area contributed by atoms with Crippen LogP contribution >= 0.6 is 0 Å². The van der Waals surface area contributed by atoms with E-state index < -0.39 is 0 Å². The van der Waals surface area contributed by atoms with Gasteiger partial charge in [0.15, 0.2) is 0 Å². The number of anilines is 1. The van der Waals surface area contributed by atoms with E-state index in [0.29, 0.717) is 18.4 Å². The molecule has 154 valence electrons. The normalized spacial score (nSPS) is 19.4. The van der Waals surface area contributed by atoms with E-state index in [1.807, 2.05) is 0 Å². The summed E-state index contributed by atoms with van der Waals surface area (Å²) in [4.78, 5) is 19.1. The van der Waals surface area contributed by atoms with E-state index in [4.69, 9.17) is 0 Å². The second-order valence-corrected chi connectivity index (χ2v) is 8.49. The van der Waals surface area contributed by atoms with Crippen LogP contribution in [0.25, 0.3) is 6.08 Å². The third-order valence-corrected chi connectivity index (χ3v) is 6.09. The second-order valence-electron chi connectivity index (χ2n) is 8.49. The Morgan fingerprint density at radius 1 is 1.11 bits per heavy atom. The highest BCUT2D eigenvalue weighted by atomic mass is 16.2. The quantitative estimate of drug-likeness (QED) is 0.847. The van der Waals surface area contributed by atoms with Gasteiger partial charge in [-0.1, -0.05) is 12.2 Å². The van der Waals surface area contributed by atoms with E-state index in [-0.39, 0.29) is 0 Å². The summed E-state index contributed by atoms with van der Waals surface area (Å²) in [6.07, 6.45) is 6.80. The summed E-state index contributed by atoms with van der Waals surface area (Å²) in [6.45, 7) is 10.7. The average Bonchev–Trinajstić information content (AvgIpc) is 2.68. The van der Waals surface area contributed by atoms with Crippen LogP contribution in [0.5, 0.6) is 0 Å². The Balaban J connectivity index is 1.52. The van der Waals surface area contributed by atoms with Crippen LogP contribution in [0.3, 0.4) is 0 Å². The minimum Gasteiger partial charge on any atom is -0.378 e. The minimum atomic E-state index is 0.301. The molecule has 2 saturated heterocycles. The van der Waals surface area contributed by atoms with Gasteiger partial charge in [-0.3, -0.25) is 9.69 Å². The molecule has 2 heterocycles. The second kappa shape index (κ2) is 9.57. The number of piperidine rings is 1. The van der Waals surface area contributed by atoms with E-state index in [0.717, 1.165) is 52.1 Å². The fourth-order valence-electron chi connectivity index (χ4n) is 4.21. The number of piperazine rings is 1. The first-order valence-electron chi connectivity index (χ1n) is 10.6. The highest BCUT2D eigenvalue weighted by Gasteiger charge is 2.23. The van der Waals surface area contributed by atoms with Crippen LogP contribution in [-0.4, -0.2) is 75.6 Å². The van der Waals surface area contributed by atoms with Crippen molar-refractivity contribution >= 4 is 17.7 Å². The Kier molecular flexibility index (Phi) is 7.13. The zero-order valence-corrected chi connectivity index (χ0v) is 18.0. The number of nitrogens with one attached hydrogen (secondary N) is 1. The number of aryl methyl sites for hydroxylation is 2. The van der Waals surface area contributed by atoms with E-state index in [1.54, 1.807) is 0 Å². The average molecular weight is 385 g/mol. The maximum atomic E-state index is 12.6. The van der Waals surface area contributed by atoms with Gasteiger partial charge in [-0.2, -0.15) is 0 Å². The number of carbonyl (C=O) groups is 1. The van der Waals surface area contributed by atoms with Crippen LogP contribution in [0.4, 0.5) is 5.69 Å². The fourth-order valence-corrected chi connectivity index (χ4v) is 4.21. The lowest BCUT2D eigenvalue weighted by Gasteiger charge is -2.33. The number of carbonyl (C=O) groups excluding carboxylic acids is 1. The predicted octanol–water partition coefficient (Wildman–Crippen LogP) is 2.53. The van der Waals surface area contributed by atoms with Gasteiger partial charge in [-0.25, -0.2) is 0 Å². The Hall–Kier alpha value is -1.85. The first kappa shape index (κ1) is 20.9. The molecule has 2 aliphatic heterocycles. The maximum Gasteiger partial charge on any atom is 0.236 e. The molecule has 2 fully saturated rings. The van der Waals surface area contributed by atoms with Crippen molar-refractivity contribution in [2.24, 2.45) is 5.92 Å². The standard InChI is InChI=1S/C23H36N4O/c1-18-15-21(25(3)4)16-19(2)22(18)6-5-20-7-11-27(12-8-20)23(28)17-26-13-9-24-10-14-26/h5-6,15-16,20,24H,7-14,17H2,1-4H3/b6-5+. The molecular weight excluding hydrogens is 348 g/mol. The first-order valence-corrected chi connectivity index (χ1v) is 10.6. The molecule has 0 spiro atoms. The van der Waals surface area contributed by atoms with Gasteiger partial charge < -0.3 is 15.1 Å². The number of rotatable bonds is 5. The molecule has 28 heavy (non-hydrogen) atoms. The van der Waals surface area contributed by atoms with Crippen LogP contribution in [-0.2, 0) is 4.79 Å². The highest BCUT2D eigenvalue weighted by molar-refractivity contribution is 5.78. The molecule has 5 heteroatoms. The summed E-state index contributed by atoms with van der Waals surface area (Å²) in [5, 5.41) is 3.34. The van der Waals surface area contributed by atoms with Crippen LogP contribution in [0.1, 0.15) is 29.5 Å². The van der Waals surface area contributed by atoms with Crippen LogP contribution < -0.4 is 10.2 Å². The van der Waals surface area contributed by atoms with Crippen molar-refractivity contribution in [2.75, 3.05) is 64.8 Å². The lowest BCUT2D eigenvalue weighted by molar-refractivity contribution is -0.133. The number of allylic oxidation sites excluding steroid dienone is 1. The van der Waals surface area contributed by atoms with Crippen molar-refractivity contribution in [2.45, 2.75) is 26.7 Å². The van der Waals surface area contributed by atoms with Crippen LogP contribution in [0, 0.1) is 19.8 Å². The molecule has 2 aliphatic rings. The molecule has 1 aromatic rings. The van der Waals surface area contributed by atoms with E-state index in [1.165, 1.54) is 22.4 Å². The van der Waals surface area contributed by atoms with Gasteiger partial charge in [-0.15, -0.1) is 0 Å². The minimum absolute atomic E-state index is 0.301. The van der Waals surface area contributed by atoms with Gasteiger partial charge in [0.25, 0.3) is 0 Å². The molecule has 1 N–H and O–H groups in total. The lowest BCUT2D eigenvalue weighted by Crippen LogP contribution is -2.49. The smallest absolute Gasteiger partial charge is 0.236 e. The summed E-state index contributed by atoms with van der Waals surface area (Å²) in [6, 6.07) is 4.51. The van der Waals surface area contributed by atoms with Crippen molar-refractivity contribution in [3.8, 4) is 0 Å². The summed E-state index contributed by atoms with van der Waals surface area (Å²) >= 11 is 0. The molecule has 0 aromatic heterocycles. The monoisotopic (exact) mass is 384 g/mol. The molecule has 0 saturated carbocycles. The maximum absolute atomic E-state index is 12.6. The number of nitrogens with zero attached hydrogens (tertiary/aromatic N) is 3. The molecule has 1 aromatic carbocycles. The van der Waals surface area contributed by atoms with E-state index in [2.05, 4.69) is 72.2 Å². The number of likely N-dealkylation sites (tertiary alicyclic amines) is 1. The third kappa shape index (κ3) is 5.36. The molecule has 0 unspecified atom stereocenters. The summed E-state index contributed by atoms with van der Waals surface area (Å²) < 4.78 is 0. The molecule has 1 amide bonds. The third-order valence-electron chi connectivity index (χ3n) is 6.09. The largest absolute Gasteiger partial charge is 0.378 e. The Morgan fingerprint density at radius 2 is 1.71 bits per heavy atom. The molecular formula is C23H36N4O. The molecule has 0 radical (unpaired) electrons. The van der Waals surface area contributed by atoms with Gasteiger partial charge in [0.05, 0.1) is 6.54 Å². The summed E-state index contributed by atoms with van der Waals surface area (Å²) in [7, 11) is 4.17. The number of hydrogen-bond donors (Lipinski definition) is 1. The number of hydrogen-bond acceptors (Lipinski definition) is 4. The summed E-state index contributed by atoms with van der Waals surface area (Å²) in [5.74, 6) is 0.867. The molecule has 0 bridgehead atoms. The number of amides is 1. The SMILES string of the molecule is Cc1cc(N(C)C)cc(C)c1/C=C/C1CCN(C(=O)CN2CCNCC2)CC1. The first-order chi connectivity index (χ1) is 13.4. The molecule has 0 aliphatic carbocycles. The van der Waals surface area contributed by atoms with E-state index in [9.17, 15) is 4.79 Å². The molecule has 0 atom stereocenters. The van der Waals surface area contributed by atoms with Gasteiger partial charge in [-0.05, 0) is 61.4 Å². The predicted molar refractivity (Wildman–Crippen MR) is 118 cm³/mol. The highest BCUT2D eigenvalue weighted by Crippen LogP contribution is 2.25. The van der Waals surface area contributed by atoms with Crippen molar-refractivity contribution in [3.05, 3.63) is 34.9 Å². The van der Waals surface area contributed by atoms with Crippen LogP contribution in [0.15, 0.2) is 18.2 Å². The van der Waals surface area contributed by atoms with Gasteiger partial charge >= 0.3 is 0 Å². The van der Waals surface area contributed by atoms with E-state index >= 15 is 0 Å². The van der Waals surface area contributed by atoms with Crippen molar-refractivity contribution < 1.29 is 4.79 Å². The number of benzene rings is 1. The van der Waals surface area contributed by atoms with Crippen molar-refractivity contribution in [3.63, 3.8) is 0 Å². The molecule has 5 nitrogen and oxygen atoms in total. The van der Waals surface area contributed by atoms with Gasteiger partial charge in [0.2, 0.25) is 5.91 Å². The zero-order chi connectivity index (χ0) is 20.1. The van der Waals surface area contributed by atoms with Crippen molar-refractivity contribution in [1.29, 1.82) is 0 Å². The summed E-state index contributed by atoms with van der Waals surface area (Å²) in [5.41, 5.74) is 5.23. The van der Waals surface area contributed by atoms with Crippen LogP contribution in [0.2, 0.25) is 0 Å². The fraction of sp³-hybridized carbons (Fsp3) is 0.609. The Bertz CT molecular complexity index is 676. The Labute approximate surface area is 170 Å². The topological polar surface area (TPSA) is 38.8 Å². The molecule has 3 rings (SSSR count). The van der Waals surface area contributed by atoms with Gasteiger partial charge in [0.1, 0.15) is 0 Å². The Morgan fingerprint density at radius 3 is 2.29 bits per heavy atom. The lowest BCUT2D eigenvalue weighted by atomic mass is 9.93. The van der Waals surface area contributed by atoms with Gasteiger partial charge in [0, 0.05) is 59.1 Å². The van der Waals surface area contributed by atoms with Crippen molar-refractivity contribution in [1.82, 2.24) is 15.1 Å².